The SMILES string of the molecule is O=C(NCC(O)C(=O)OC(c1ccccc1)c1ccccc1)c1ccc(N2CCC(Nc3ncccn3)C(F)C2)cc1. The molecule has 3 unspecified atom stereocenters. The third-order valence-electron chi connectivity index (χ3n) is 7.08. The van der Waals surface area contributed by atoms with Gasteiger partial charge in [0.2, 0.25) is 5.95 Å². The molecule has 10 heteroatoms. The number of esters is 1. The summed E-state index contributed by atoms with van der Waals surface area (Å²) in [6, 6.07) is 26.6. The van der Waals surface area contributed by atoms with Gasteiger partial charge in [0, 0.05) is 30.2 Å². The number of amides is 1. The predicted octanol–water partition coefficient (Wildman–Crippen LogP) is 3.93. The molecule has 1 aromatic heterocycles. The van der Waals surface area contributed by atoms with Crippen LogP contribution in [0.25, 0.3) is 0 Å². The van der Waals surface area contributed by atoms with Crippen LogP contribution in [0, 0.1) is 0 Å². The first-order valence-corrected chi connectivity index (χ1v) is 13.8. The second-order valence-electron chi connectivity index (χ2n) is 9.98. The summed E-state index contributed by atoms with van der Waals surface area (Å²) in [4.78, 5) is 35.6. The summed E-state index contributed by atoms with van der Waals surface area (Å²) >= 11 is 0. The number of anilines is 2. The zero-order chi connectivity index (χ0) is 29.3. The summed E-state index contributed by atoms with van der Waals surface area (Å²) in [6.07, 6.45) is 0.389. The monoisotopic (exact) mass is 569 g/mol. The lowest BCUT2D eigenvalue weighted by molar-refractivity contribution is -0.157. The maximum Gasteiger partial charge on any atom is 0.337 e. The van der Waals surface area contributed by atoms with Crippen LogP contribution >= 0.6 is 0 Å². The predicted molar refractivity (Wildman–Crippen MR) is 157 cm³/mol. The van der Waals surface area contributed by atoms with E-state index in [0.29, 0.717) is 24.5 Å². The van der Waals surface area contributed by atoms with Crippen molar-refractivity contribution in [1.29, 1.82) is 0 Å². The Morgan fingerprint density at radius 3 is 2.14 bits per heavy atom. The van der Waals surface area contributed by atoms with Crippen molar-refractivity contribution in [3.8, 4) is 0 Å². The molecular formula is C32H32FN5O4. The van der Waals surface area contributed by atoms with Crippen LogP contribution in [0.3, 0.4) is 0 Å². The lowest BCUT2D eigenvalue weighted by atomic mass is 10.0. The van der Waals surface area contributed by atoms with Gasteiger partial charge in [-0.1, -0.05) is 60.7 Å². The summed E-state index contributed by atoms with van der Waals surface area (Å²) in [6.45, 7) is 0.500. The highest BCUT2D eigenvalue weighted by Crippen LogP contribution is 2.27. The number of nitrogens with one attached hydrogen (secondary N) is 2. The first-order valence-electron chi connectivity index (χ1n) is 13.8. The topological polar surface area (TPSA) is 117 Å². The summed E-state index contributed by atoms with van der Waals surface area (Å²) in [5.74, 6) is -0.898. The molecule has 0 spiro atoms. The number of hydrogen-bond donors (Lipinski definition) is 3. The van der Waals surface area contributed by atoms with Crippen LogP contribution in [0.15, 0.2) is 103 Å². The van der Waals surface area contributed by atoms with Crippen LogP contribution in [0.2, 0.25) is 0 Å². The fourth-order valence-electron chi connectivity index (χ4n) is 4.82. The summed E-state index contributed by atoms with van der Waals surface area (Å²) in [7, 11) is 0. The molecule has 1 amide bonds. The maximum absolute atomic E-state index is 14.9. The van der Waals surface area contributed by atoms with Gasteiger partial charge in [-0.3, -0.25) is 4.79 Å². The summed E-state index contributed by atoms with van der Waals surface area (Å²) < 4.78 is 20.6. The van der Waals surface area contributed by atoms with Gasteiger partial charge in [0.1, 0.15) is 6.17 Å². The van der Waals surface area contributed by atoms with Gasteiger partial charge in [-0.05, 0) is 47.9 Å². The van der Waals surface area contributed by atoms with Crippen LogP contribution in [0.4, 0.5) is 16.0 Å². The average molecular weight is 570 g/mol. The Morgan fingerprint density at radius 2 is 1.55 bits per heavy atom. The van der Waals surface area contributed by atoms with Gasteiger partial charge in [0.05, 0.1) is 19.1 Å². The van der Waals surface area contributed by atoms with Crippen LogP contribution in [-0.2, 0) is 9.53 Å². The van der Waals surface area contributed by atoms with E-state index in [1.54, 1.807) is 42.7 Å². The zero-order valence-electron chi connectivity index (χ0n) is 22.8. The van der Waals surface area contributed by atoms with E-state index in [1.807, 2.05) is 65.6 Å². The lowest BCUT2D eigenvalue weighted by Crippen LogP contribution is -2.48. The first kappa shape index (κ1) is 28.7. The van der Waals surface area contributed by atoms with E-state index >= 15 is 0 Å². The lowest BCUT2D eigenvalue weighted by Gasteiger charge is -2.36. The Morgan fingerprint density at radius 1 is 0.929 bits per heavy atom. The number of hydrogen-bond acceptors (Lipinski definition) is 8. The molecule has 1 aliphatic rings. The third kappa shape index (κ3) is 7.27. The number of nitrogens with zero attached hydrogens (tertiary/aromatic N) is 3. The zero-order valence-corrected chi connectivity index (χ0v) is 22.8. The second-order valence-corrected chi connectivity index (χ2v) is 9.98. The quantitative estimate of drug-likeness (QED) is 0.246. The highest BCUT2D eigenvalue weighted by Gasteiger charge is 2.30. The number of alkyl halides is 1. The van der Waals surface area contributed by atoms with Crippen molar-refractivity contribution in [3.63, 3.8) is 0 Å². The molecule has 0 radical (unpaired) electrons. The molecule has 1 saturated heterocycles. The van der Waals surface area contributed by atoms with Crippen molar-refractivity contribution in [3.05, 3.63) is 120 Å². The standard InChI is InChI=1S/C32H32FN5O4/c33-26-21-38(19-16-27(26)37-32-34-17-7-18-35-32)25-14-12-24(13-15-25)30(40)36-20-28(39)31(41)42-29(22-8-3-1-4-9-22)23-10-5-2-6-11-23/h1-15,17-18,26-29,39H,16,19-21H2,(H,36,40)(H,34,35,37). The second kappa shape index (κ2) is 13.7. The van der Waals surface area contributed by atoms with E-state index in [4.69, 9.17) is 4.74 Å². The number of benzene rings is 3. The van der Waals surface area contributed by atoms with Crippen LogP contribution < -0.4 is 15.5 Å². The van der Waals surface area contributed by atoms with E-state index in [9.17, 15) is 19.1 Å². The van der Waals surface area contributed by atoms with E-state index in [2.05, 4.69) is 20.6 Å². The minimum Gasteiger partial charge on any atom is -0.451 e. The molecule has 9 nitrogen and oxygen atoms in total. The van der Waals surface area contributed by atoms with E-state index < -0.39 is 30.3 Å². The molecule has 3 N–H and O–H groups in total. The van der Waals surface area contributed by atoms with Crippen molar-refractivity contribution >= 4 is 23.5 Å². The Labute approximate surface area is 243 Å². The highest BCUT2D eigenvalue weighted by molar-refractivity contribution is 5.94. The van der Waals surface area contributed by atoms with Crippen molar-refractivity contribution < 1.29 is 23.8 Å². The van der Waals surface area contributed by atoms with Crippen LogP contribution in [-0.4, -0.2) is 64.9 Å². The molecule has 0 saturated carbocycles. The molecule has 2 heterocycles. The number of aliphatic hydroxyl groups is 1. The molecule has 216 valence electrons. The van der Waals surface area contributed by atoms with Crippen LogP contribution in [0.1, 0.15) is 34.0 Å². The number of aliphatic hydroxyl groups excluding tert-OH is 1. The molecular weight excluding hydrogens is 537 g/mol. The largest absolute Gasteiger partial charge is 0.451 e. The molecule has 5 rings (SSSR count). The van der Waals surface area contributed by atoms with Crippen molar-refractivity contribution in [1.82, 2.24) is 15.3 Å². The summed E-state index contributed by atoms with van der Waals surface area (Å²) in [5, 5.41) is 16.1. The number of halogens is 1. The van der Waals surface area contributed by atoms with Gasteiger partial charge in [-0.25, -0.2) is 19.2 Å². The third-order valence-corrected chi connectivity index (χ3v) is 7.08. The number of carbonyl (C=O) groups excluding carboxylic acids is 2. The van der Waals surface area contributed by atoms with Gasteiger partial charge >= 0.3 is 5.97 Å². The molecule has 3 aromatic carbocycles. The van der Waals surface area contributed by atoms with E-state index in [1.165, 1.54) is 0 Å². The fraction of sp³-hybridized carbons (Fsp3) is 0.250. The smallest absolute Gasteiger partial charge is 0.337 e. The molecule has 0 aliphatic carbocycles. The normalized spacial score (nSPS) is 17.4. The van der Waals surface area contributed by atoms with E-state index in [-0.39, 0.29) is 19.1 Å². The Bertz CT molecular complexity index is 1410. The highest BCUT2D eigenvalue weighted by atomic mass is 19.1. The number of rotatable bonds is 10. The van der Waals surface area contributed by atoms with Crippen molar-refractivity contribution in [2.24, 2.45) is 0 Å². The molecule has 3 atom stereocenters. The minimum absolute atomic E-state index is 0.192. The average Bonchev–Trinajstić information content (AvgIpc) is 3.04. The molecule has 42 heavy (non-hydrogen) atoms. The number of carbonyl (C=O) groups is 2. The van der Waals surface area contributed by atoms with Crippen molar-refractivity contribution in [2.75, 3.05) is 29.9 Å². The minimum atomic E-state index is -1.55. The molecule has 1 fully saturated rings. The maximum atomic E-state index is 14.9. The van der Waals surface area contributed by atoms with Crippen molar-refractivity contribution in [2.45, 2.75) is 30.8 Å². The first-order chi connectivity index (χ1) is 20.5. The number of aromatic nitrogens is 2. The van der Waals surface area contributed by atoms with Crippen LogP contribution in [0.5, 0.6) is 0 Å². The Kier molecular flexibility index (Phi) is 9.35. The van der Waals surface area contributed by atoms with Gasteiger partial charge in [0.25, 0.3) is 5.91 Å². The van der Waals surface area contributed by atoms with Gasteiger partial charge < -0.3 is 25.4 Å². The van der Waals surface area contributed by atoms with Gasteiger partial charge in [-0.2, -0.15) is 0 Å². The van der Waals surface area contributed by atoms with E-state index in [0.717, 1.165) is 16.8 Å². The molecule has 1 aliphatic heterocycles. The Hall–Kier alpha value is -4.83. The number of ether oxygens (including phenoxy) is 1. The molecule has 0 bridgehead atoms. The van der Waals surface area contributed by atoms with Gasteiger partial charge in [-0.15, -0.1) is 0 Å². The van der Waals surface area contributed by atoms with Gasteiger partial charge in [0.15, 0.2) is 12.2 Å². The summed E-state index contributed by atoms with van der Waals surface area (Å²) in [5.41, 5.74) is 2.66. The number of piperidine rings is 1. The molecule has 4 aromatic rings. The Balaban J connectivity index is 1.12. The fourth-order valence-corrected chi connectivity index (χ4v) is 4.82.